The van der Waals surface area contributed by atoms with Crippen molar-refractivity contribution in [3.05, 3.63) is 12.2 Å². The molecule has 1 aliphatic rings. The van der Waals surface area contributed by atoms with Gasteiger partial charge in [-0.15, -0.1) is 0 Å². The Morgan fingerprint density at radius 3 is 2.45 bits per heavy atom. The summed E-state index contributed by atoms with van der Waals surface area (Å²) in [7, 11) is 0. The van der Waals surface area contributed by atoms with Crippen LogP contribution in [0.2, 0.25) is 0 Å². The van der Waals surface area contributed by atoms with Crippen LogP contribution in [0.4, 0.5) is 13.2 Å². The summed E-state index contributed by atoms with van der Waals surface area (Å²) >= 11 is 0. The Hall–Kier alpha value is -0.800. The minimum Gasteiger partial charge on any atom is -0.295 e. The first kappa shape index (κ1) is 8.30. The lowest BCUT2D eigenvalue weighted by Gasteiger charge is -2.19. The monoisotopic (exact) mass is 164 g/mol. The minimum atomic E-state index is -4.22. The van der Waals surface area contributed by atoms with Crippen LogP contribution in [0.25, 0.3) is 0 Å². The summed E-state index contributed by atoms with van der Waals surface area (Å²) in [6, 6.07) is 0. The van der Waals surface area contributed by atoms with Crippen LogP contribution in [0.5, 0.6) is 0 Å². The zero-order valence-corrected chi connectivity index (χ0v) is 5.69. The number of carbonyl (C=O) groups is 1. The summed E-state index contributed by atoms with van der Waals surface area (Å²) in [5.74, 6) is -1.89. The summed E-state index contributed by atoms with van der Waals surface area (Å²) in [5, 5.41) is 0. The fourth-order valence-electron chi connectivity index (χ4n) is 1.01. The second kappa shape index (κ2) is 2.68. The highest BCUT2D eigenvalue weighted by Crippen LogP contribution is 2.33. The van der Waals surface area contributed by atoms with Gasteiger partial charge in [0, 0.05) is 6.42 Å². The molecule has 62 valence electrons. The van der Waals surface area contributed by atoms with Crippen molar-refractivity contribution in [3.8, 4) is 0 Å². The van der Waals surface area contributed by atoms with Crippen LogP contribution in [0, 0.1) is 5.92 Å². The Bertz CT molecular complexity index is 192. The second-order valence-electron chi connectivity index (χ2n) is 2.55. The lowest BCUT2D eigenvalue weighted by molar-refractivity contribution is -0.177. The van der Waals surface area contributed by atoms with Gasteiger partial charge in [-0.3, -0.25) is 4.79 Å². The van der Waals surface area contributed by atoms with Crippen molar-refractivity contribution in [2.24, 2.45) is 5.92 Å². The Kier molecular flexibility index (Phi) is 2.02. The van der Waals surface area contributed by atoms with Gasteiger partial charge in [0.25, 0.3) is 0 Å². The topological polar surface area (TPSA) is 17.1 Å². The first-order valence-electron chi connectivity index (χ1n) is 3.26. The van der Waals surface area contributed by atoms with E-state index in [9.17, 15) is 18.0 Å². The van der Waals surface area contributed by atoms with E-state index >= 15 is 0 Å². The van der Waals surface area contributed by atoms with E-state index in [0.29, 0.717) is 0 Å². The van der Waals surface area contributed by atoms with Crippen molar-refractivity contribution in [1.29, 1.82) is 0 Å². The lowest BCUT2D eigenvalue weighted by atomic mass is 9.93. The summed E-state index contributed by atoms with van der Waals surface area (Å²) in [6.45, 7) is 0. The number of allylic oxidation sites excluding steroid dienone is 2. The zero-order chi connectivity index (χ0) is 8.48. The third-order valence-corrected chi connectivity index (χ3v) is 1.63. The minimum absolute atomic E-state index is 0.0603. The smallest absolute Gasteiger partial charge is 0.295 e. The molecule has 0 bridgehead atoms. The molecule has 0 N–H and O–H groups in total. The number of hydrogen-bond acceptors (Lipinski definition) is 1. The molecule has 0 spiro atoms. The Balaban J connectivity index is 2.64. The normalized spacial score (nSPS) is 25.7. The molecule has 0 aromatic carbocycles. The third-order valence-electron chi connectivity index (χ3n) is 1.63. The zero-order valence-electron chi connectivity index (χ0n) is 5.69. The predicted molar refractivity (Wildman–Crippen MR) is 32.9 cm³/mol. The summed E-state index contributed by atoms with van der Waals surface area (Å²) < 4.78 is 35.8. The van der Waals surface area contributed by atoms with Gasteiger partial charge in [0.1, 0.15) is 0 Å². The molecule has 11 heavy (non-hydrogen) atoms. The molecule has 0 radical (unpaired) electrons. The molecular formula is C7H7F3O. The van der Waals surface area contributed by atoms with Gasteiger partial charge in [-0.05, 0) is 12.5 Å². The summed E-state index contributed by atoms with van der Waals surface area (Å²) in [4.78, 5) is 10.5. The van der Waals surface area contributed by atoms with Crippen molar-refractivity contribution in [2.75, 3.05) is 0 Å². The molecule has 0 aromatic rings. The molecule has 0 aromatic heterocycles. The first-order chi connectivity index (χ1) is 5.00. The van der Waals surface area contributed by atoms with E-state index in [-0.39, 0.29) is 12.8 Å². The maximum Gasteiger partial charge on any atom is 0.392 e. The molecule has 0 heterocycles. The predicted octanol–water partition coefficient (Wildman–Crippen LogP) is 2.08. The van der Waals surface area contributed by atoms with Crippen LogP contribution in [-0.4, -0.2) is 12.0 Å². The largest absolute Gasteiger partial charge is 0.392 e. The molecule has 0 saturated heterocycles. The van der Waals surface area contributed by atoms with E-state index in [1.807, 2.05) is 0 Å². The van der Waals surface area contributed by atoms with Gasteiger partial charge in [0.05, 0.1) is 5.92 Å². The molecular weight excluding hydrogens is 157 g/mol. The van der Waals surface area contributed by atoms with E-state index in [4.69, 9.17) is 0 Å². The van der Waals surface area contributed by atoms with Crippen LogP contribution < -0.4 is 0 Å². The SMILES string of the molecule is O=C1C=CC[C@@H](C(F)(F)F)C1. The Morgan fingerprint density at radius 2 is 2.09 bits per heavy atom. The Labute approximate surface area is 61.9 Å². The molecule has 0 aliphatic heterocycles. The number of carbonyl (C=O) groups excluding carboxylic acids is 1. The molecule has 4 heteroatoms. The molecule has 1 aliphatic carbocycles. The Morgan fingerprint density at radius 1 is 1.45 bits per heavy atom. The summed E-state index contributed by atoms with van der Waals surface area (Å²) in [6.07, 6.45) is -2.18. The molecule has 0 amide bonds. The number of alkyl halides is 3. The van der Waals surface area contributed by atoms with Crippen LogP contribution in [-0.2, 0) is 4.79 Å². The molecule has 0 unspecified atom stereocenters. The number of hydrogen-bond donors (Lipinski definition) is 0. The lowest BCUT2D eigenvalue weighted by Crippen LogP contribution is -2.26. The molecule has 1 nitrogen and oxygen atoms in total. The molecule has 0 saturated carbocycles. The number of ketones is 1. The van der Waals surface area contributed by atoms with Crippen molar-refractivity contribution in [2.45, 2.75) is 19.0 Å². The second-order valence-corrected chi connectivity index (χ2v) is 2.55. The van der Waals surface area contributed by atoms with Crippen LogP contribution in [0.3, 0.4) is 0 Å². The van der Waals surface area contributed by atoms with Gasteiger partial charge in [-0.2, -0.15) is 13.2 Å². The van der Waals surface area contributed by atoms with E-state index < -0.39 is 17.9 Å². The molecule has 1 rings (SSSR count). The highest BCUT2D eigenvalue weighted by Gasteiger charge is 2.40. The maximum atomic E-state index is 11.9. The first-order valence-corrected chi connectivity index (χ1v) is 3.26. The maximum absolute atomic E-state index is 11.9. The van der Waals surface area contributed by atoms with Crippen LogP contribution >= 0.6 is 0 Å². The highest BCUT2D eigenvalue weighted by molar-refractivity contribution is 5.90. The van der Waals surface area contributed by atoms with Gasteiger partial charge in [0.15, 0.2) is 5.78 Å². The van der Waals surface area contributed by atoms with Crippen molar-refractivity contribution >= 4 is 5.78 Å². The quantitative estimate of drug-likeness (QED) is 0.535. The van der Waals surface area contributed by atoms with Gasteiger partial charge in [-0.1, -0.05) is 6.08 Å². The van der Waals surface area contributed by atoms with E-state index in [1.165, 1.54) is 12.2 Å². The fraction of sp³-hybridized carbons (Fsp3) is 0.571. The summed E-state index contributed by atoms with van der Waals surface area (Å²) in [5.41, 5.74) is 0. The van der Waals surface area contributed by atoms with Crippen molar-refractivity contribution < 1.29 is 18.0 Å². The van der Waals surface area contributed by atoms with E-state index in [0.717, 1.165) is 0 Å². The molecule has 0 fully saturated rings. The number of rotatable bonds is 0. The van der Waals surface area contributed by atoms with Gasteiger partial charge in [-0.25, -0.2) is 0 Å². The van der Waals surface area contributed by atoms with Gasteiger partial charge < -0.3 is 0 Å². The van der Waals surface area contributed by atoms with Crippen LogP contribution in [0.1, 0.15) is 12.8 Å². The number of halogens is 3. The average molecular weight is 164 g/mol. The third kappa shape index (κ3) is 2.06. The van der Waals surface area contributed by atoms with Crippen molar-refractivity contribution in [1.82, 2.24) is 0 Å². The molecule has 1 atom stereocenters. The van der Waals surface area contributed by atoms with Crippen molar-refractivity contribution in [3.63, 3.8) is 0 Å². The standard InChI is InChI=1S/C7H7F3O/c8-7(9,10)5-2-1-3-6(11)4-5/h1,3,5H,2,4H2/t5-/m1/s1. The fourth-order valence-corrected chi connectivity index (χ4v) is 1.01. The average Bonchev–Trinajstić information content (AvgIpc) is 1.86. The van der Waals surface area contributed by atoms with Gasteiger partial charge >= 0.3 is 6.18 Å². The highest BCUT2D eigenvalue weighted by atomic mass is 19.4. The van der Waals surface area contributed by atoms with E-state index in [2.05, 4.69) is 0 Å². The van der Waals surface area contributed by atoms with E-state index in [1.54, 1.807) is 0 Å². The van der Waals surface area contributed by atoms with Gasteiger partial charge in [0.2, 0.25) is 0 Å². The van der Waals surface area contributed by atoms with Crippen LogP contribution in [0.15, 0.2) is 12.2 Å².